The molecular formula is C27H38N2O5S. The van der Waals surface area contributed by atoms with Crippen LogP contribution in [-0.4, -0.2) is 42.7 Å². The van der Waals surface area contributed by atoms with Gasteiger partial charge >= 0.3 is 6.09 Å². The van der Waals surface area contributed by atoms with E-state index in [9.17, 15) is 18.3 Å². The van der Waals surface area contributed by atoms with Gasteiger partial charge in [0.25, 0.3) is 10.0 Å². The average molecular weight is 503 g/mol. The van der Waals surface area contributed by atoms with Gasteiger partial charge in [-0.2, -0.15) is 0 Å². The van der Waals surface area contributed by atoms with E-state index < -0.39 is 21.2 Å². The summed E-state index contributed by atoms with van der Waals surface area (Å²) in [4.78, 5) is 14.8. The molecule has 0 fully saturated rings. The molecule has 2 aromatic carbocycles. The first-order chi connectivity index (χ1) is 16.2. The summed E-state index contributed by atoms with van der Waals surface area (Å²) in [6, 6.07) is 11.9. The number of rotatable bonds is 7. The normalized spacial score (nSPS) is 16.4. The van der Waals surface area contributed by atoms with Crippen LogP contribution in [0.5, 0.6) is 0 Å². The van der Waals surface area contributed by atoms with Crippen LogP contribution in [0.1, 0.15) is 71.1 Å². The van der Waals surface area contributed by atoms with Crippen molar-refractivity contribution in [1.82, 2.24) is 4.90 Å². The maximum atomic E-state index is 12.9. The number of hydrogen-bond acceptors (Lipinski definition) is 5. The summed E-state index contributed by atoms with van der Waals surface area (Å²) in [7, 11) is -3.76. The van der Waals surface area contributed by atoms with Crippen molar-refractivity contribution in [2.75, 3.05) is 11.3 Å². The van der Waals surface area contributed by atoms with E-state index in [-0.39, 0.29) is 17.0 Å². The number of benzene rings is 2. The number of carbonyl (C=O) groups excluding carboxylic acids is 1. The molecule has 3 rings (SSSR count). The molecule has 35 heavy (non-hydrogen) atoms. The van der Waals surface area contributed by atoms with E-state index in [1.165, 1.54) is 12.1 Å². The fourth-order valence-electron chi connectivity index (χ4n) is 4.31. The highest BCUT2D eigenvalue weighted by atomic mass is 32.2. The van der Waals surface area contributed by atoms with Crippen LogP contribution in [0.3, 0.4) is 0 Å². The van der Waals surface area contributed by atoms with Crippen molar-refractivity contribution in [3.8, 4) is 0 Å². The Morgan fingerprint density at radius 2 is 1.74 bits per heavy atom. The Morgan fingerprint density at radius 3 is 2.31 bits per heavy atom. The highest BCUT2D eigenvalue weighted by Crippen LogP contribution is 2.29. The zero-order valence-electron chi connectivity index (χ0n) is 21.6. The van der Waals surface area contributed by atoms with Crippen molar-refractivity contribution < 1.29 is 23.1 Å². The second-order valence-corrected chi connectivity index (χ2v) is 12.4. The molecule has 192 valence electrons. The molecule has 0 aliphatic heterocycles. The summed E-state index contributed by atoms with van der Waals surface area (Å²) in [6.45, 7) is 11.6. The van der Waals surface area contributed by atoms with Gasteiger partial charge in [0.1, 0.15) is 5.60 Å². The first-order valence-corrected chi connectivity index (χ1v) is 13.6. The molecule has 0 aromatic heterocycles. The van der Waals surface area contributed by atoms with Gasteiger partial charge in [-0.05, 0) is 101 Å². The van der Waals surface area contributed by atoms with E-state index in [1.54, 1.807) is 32.0 Å². The van der Waals surface area contributed by atoms with Gasteiger partial charge in [0, 0.05) is 18.3 Å². The molecule has 0 saturated carbocycles. The van der Waals surface area contributed by atoms with Crippen molar-refractivity contribution in [2.45, 2.75) is 89.4 Å². The second-order valence-electron chi connectivity index (χ2n) is 10.7. The number of nitrogens with zero attached hydrogens (tertiary/aromatic N) is 1. The van der Waals surface area contributed by atoms with Crippen LogP contribution in [0.25, 0.3) is 0 Å². The van der Waals surface area contributed by atoms with Gasteiger partial charge in [0.15, 0.2) is 0 Å². The van der Waals surface area contributed by atoms with E-state index >= 15 is 0 Å². The Bertz CT molecular complexity index is 1150. The van der Waals surface area contributed by atoms with Crippen LogP contribution in [0.15, 0.2) is 47.4 Å². The van der Waals surface area contributed by atoms with Crippen LogP contribution in [-0.2, 0) is 33.2 Å². The van der Waals surface area contributed by atoms with Gasteiger partial charge < -0.3 is 14.7 Å². The number of carbonyl (C=O) groups is 1. The Morgan fingerprint density at radius 1 is 1.09 bits per heavy atom. The van der Waals surface area contributed by atoms with Gasteiger partial charge in [-0.25, -0.2) is 13.2 Å². The molecule has 1 unspecified atom stereocenters. The predicted octanol–water partition coefficient (Wildman–Crippen LogP) is 5.22. The number of aryl methyl sites for hydroxylation is 1. The molecule has 1 aliphatic carbocycles. The van der Waals surface area contributed by atoms with Crippen LogP contribution < -0.4 is 4.72 Å². The van der Waals surface area contributed by atoms with E-state index in [1.807, 2.05) is 44.7 Å². The number of ether oxygens (including phenoxy) is 1. The lowest BCUT2D eigenvalue weighted by atomic mass is 9.87. The lowest BCUT2D eigenvalue weighted by molar-refractivity contribution is 0.0146. The Kier molecular flexibility index (Phi) is 7.86. The number of aliphatic hydroxyl groups is 1. The largest absolute Gasteiger partial charge is 0.444 e. The standard InChI is InChI=1S/C27H38N2O5S/c1-7-16-29(25(30)34-26(2,3)4)23-13-9-19-17-22(12-8-20(19)18-23)28-35(32,33)24-14-10-21(11-15-24)27(5,6)31/h8,10-12,14-15,17,23,28,31H,7,9,13,16,18H2,1-6H3. The van der Waals surface area contributed by atoms with Gasteiger partial charge in [0.2, 0.25) is 0 Å². The third-order valence-corrected chi connectivity index (χ3v) is 7.46. The zero-order valence-corrected chi connectivity index (χ0v) is 22.4. The fraction of sp³-hybridized carbons (Fsp3) is 0.519. The van der Waals surface area contributed by atoms with Crippen LogP contribution in [0, 0.1) is 0 Å². The maximum absolute atomic E-state index is 12.9. The van der Waals surface area contributed by atoms with Gasteiger partial charge in [-0.1, -0.05) is 25.1 Å². The summed E-state index contributed by atoms with van der Waals surface area (Å²) in [5.74, 6) is 0. The van der Waals surface area contributed by atoms with Crippen LogP contribution in [0.2, 0.25) is 0 Å². The molecular weight excluding hydrogens is 464 g/mol. The minimum absolute atomic E-state index is 0.0501. The molecule has 1 aliphatic rings. The molecule has 0 saturated heterocycles. The molecule has 8 heteroatoms. The summed E-state index contributed by atoms with van der Waals surface area (Å²) in [6.07, 6.45) is 2.81. The first kappa shape index (κ1) is 27.0. The minimum atomic E-state index is -3.76. The summed E-state index contributed by atoms with van der Waals surface area (Å²) in [5, 5.41) is 10.1. The smallest absolute Gasteiger partial charge is 0.410 e. The highest BCUT2D eigenvalue weighted by molar-refractivity contribution is 7.92. The number of amides is 1. The van der Waals surface area contributed by atoms with Crippen molar-refractivity contribution in [2.24, 2.45) is 0 Å². The summed E-state index contributed by atoms with van der Waals surface area (Å²) in [5.41, 5.74) is 1.76. The van der Waals surface area contributed by atoms with Gasteiger partial charge in [0.05, 0.1) is 10.5 Å². The third-order valence-electron chi connectivity index (χ3n) is 6.07. The van der Waals surface area contributed by atoms with Crippen molar-refractivity contribution >= 4 is 21.8 Å². The van der Waals surface area contributed by atoms with Crippen LogP contribution in [0.4, 0.5) is 10.5 Å². The predicted molar refractivity (Wildman–Crippen MR) is 138 cm³/mol. The maximum Gasteiger partial charge on any atom is 0.410 e. The Labute approximate surface area is 209 Å². The van der Waals surface area contributed by atoms with Gasteiger partial charge in [-0.15, -0.1) is 0 Å². The zero-order chi connectivity index (χ0) is 26.0. The third kappa shape index (κ3) is 6.98. The average Bonchev–Trinajstić information content (AvgIpc) is 2.75. The number of anilines is 1. The van der Waals surface area contributed by atoms with Crippen molar-refractivity contribution in [3.63, 3.8) is 0 Å². The number of nitrogens with one attached hydrogen (secondary N) is 1. The summed E-state index contributed by atoms with van der Waals surface area (Å²) < 4.78 is 34.1. The number of hydrogen-bond donors (Lipinski definition) is 2. The number of fused-ring (bicyclic) bond motifs is 1. The van der Waals surface area contributed by atoms with Crippen molar-refractivity contribution in [1.29, 1.82) is 0 Å². The molecule has 2 N–H and O–H groups in total. The molecule has 0 heterocycles. The fourth-order valence-corrected chi connectivity index (χ4v) is 5.36. The molecule has 0 spiro atoms. The topological polar surface area (TPSA) is 95.9 Å². The highest BCUT2D eigenvalue weighted by Gasteiger charge is 2.31. The SMILES string of the molecule is CCCN(C(=O)OC(C)(C)C)C1CCc2cc(NS(=O)(=O)c3ccc(C(C)(C)O)cc3)ccc2C1. The van der Waals surface area contributed by atoms with Gasteiger partial charge in [-0.3, -0.25) is 4.72 Å². The lowest BCUT2D eigenvalue weighted by Crippen LogP contribution is -2.46. The quantitative estimate of drug-likeness (QED) is 0.541. The monoisotopic (exact) mass is 502 g/mol. The minimum Gasteiger partial charge on any atom is -0.444 e. The number of sulfonamides is 1. The Hall–Kier alpha value is -2.58. The molecule has 7 nitrogen and oxygen atoms in total. The first-order valence-electron chi connectivity index (χ1n) is 12.2. The Balaban J connectivity index is 1.74. The van der Waals surface area contributed by atoms with Crippen LogP contribution >= 0.6 is 0 Å². The van der Waals surface area contributed by atoms with E-state index in [2.05, 4.69) is 4.72 Å². The van der Waals surface area contributed by atoms with E-state index in [0.717, 1.165) is 30.4 Å². The van der Waals surface area contributed by atoms with E-state index in [0.29, 0.717) is 24.2 Å². The second kappa shape index (κ2) is 10.2. The van der Waals surface area contributed by atoms with Crippen molar-refractivity contribution in [3.05, 3.63) is 59.2 Å². The molecule has 0 radical (unpaired) electrons. The molecule has 1 amide bonds. The molecule has 2 aromatic rings. The van der Waals surface area contributed by atoms with E-state index in [4.69, 9.17) is 4.74 Å². The lowest BCUT2D eigenvalue weighted by Gasteiger charge is -2.36. The summed E-state index contributed by atoms with van der Waals surface area (Å²) >= 11 is 0. The molecule has 1 atom stereocenters. The molecule has 0 bridgehead atoms.